The smallest absolute Gasteiger partial charge is 0.383 e. The highest BCUT2D eigenvalue weighted by molar-refractivity contribution is 5.91. The Labute approximate surface area is 170 Å². The highest BCUT2D eigenvalue weighted by Gasteiger charge is 2.35. The van der Waals surface area contributed by atoms with Crippen LogP contribution in [0.2, 0.25) is 0 Å². The average molecular weight is 419 g/mol. The molecule has 1 aliphatic rings. The standard InChI is InChI=1S/C20H20F3N5O2/c1-19(30,14-7-2-3-10-24-14)11-16(29)27-18-25-13-8-9-15(20(21,22)23)26-17(13)28(18)12-5-4-6-12/h2-3,7-10,12,30H,4-6,11H2,1H3,(H,25,27,29). The summed E-state index contributed by atoms with van der Waals surface area (Å²) in [5.41, 5.74) is -1.83. The Hall–Kier alpha value is -3.01. The van der Waals surface area contributed by atoms with E-state index in [0.717, 1.165) is 25.3 Å². The number of hydrogen-bond donors (Lipinski definition) is 2. The molecule has 1 saturated carbocycles. The number of nitrogens with zero attached hydrogens (tertiary/aromatic N) is 4. The van der Waals surface area contributed by atoms with Crippen LogP contribution in [-0.4, -0.2) is 30.5 Å². The summed E-state index contributed by atoms with van der Waals surface area (Å²) in [6.45, 7) is 1.47. The molecule has 0 aromatic carbocycles. The number of fused-ring (bicyclic) bond motifs is 1. The Bertz CT molecular complexity index is 1080. The van der Waals surface area contributed by atoms with Crippen LogP contribution in [0, 0.1) is 0 Å². The van der Waals surface area contributed by atoms with Crippen LogP contribution in [0.3, 0.4) is 0 Å². The number of aromatic nitrogens is 4. The van der Waals surface area contributed by atoms with Crippen LogP contribution >= 0.6 is 0 Å². The van der Waals surface area contributed by atoms with Gasteiger partial charge in [0.25, 0.3) is 0 Å². The molecule has 1 amide bonds. The van der Waals surface area contributed by atoms with Crippen molar-refractivity contribution in [2.24, 2.45) is 0 Å². The number of aliphatic hydroxyl groups is 1. The van der Waals surface area contributed by atoms with Crippen LogP contribution in [0.4, 0.5) is 19.1 Å². The monoisotopic (exact) mass is 419 g/mol. The number of alkyl halides is 3. The number of carbonyl (C=O) groups is 1. The van der Waals surface area contributed by atoms with Crippen molar-refractivity contribution in [1.82, 2.24) is 19.5 Å². The van der Waals surface area contributed by atoms with Crippen molar-refractivity contribution in [3.63, 3.8) is 0 Å². The molecule has 1 unspecified atom stereocenters. The third-order valence-electron chi connectivity index (χ3n) is 5.24. The predicted octanol–water partition coefficient (Wildman–Crippen LogP) is 3.81. The fraction of sp³-hybridized carbons (Fsp3) is 0.400. The normalized spacial score (nSPS) is 16.8. The van der Waals surface area contributed by atoms with Crippen LogP contribution in [0.25, 0.3) is 11.2 Å². The molecule has 158 valence electrons. The zero-order chi connectivity index (χ0) is 21.5. The van der Waals surface area contributed by atoms with Crippen molar-refractivity contribution in [2.45, 2.75) is 50.4 Å². The molecule has 3 aromatic rings. The van der Waals surface area contributed by atoms with Gasteiger partial charge in [-0.05, 0) is 50.5 Å². The van der Waals surface area contributed by atoms with Gasteiger partial charge < -0.3 is 5.11 Å². The van der Waals surface area contributed by atoms with E-state index in [9.17, 15) is 23.1 Å². The zero-order valence-corrected chi connectivity index (χ0v) is 16.1. The Morgan fingerprint density at radius 2 is 1.97 bits per heavy atom. The highest BCUT2D eigenvalue weighted by atomic mass is 19.4. The summed E-state index contributed by atoms with van der Waals surface area (Å²) in [5.74, 6) is -0.402. The maximum absolute atomic E-state index is 13.1. The number of halogens is 3. The summed E-state index contributed by atoms with van der Waals surface area (Å²) >= 11 is 0. The van der Waals surface area contributed by atoms with Crippen LogP contribution < -0.4 is 5.32 Å². The van der Waals surface area contributed by atoms with Gasteiger partial charge in [0, 0.05) is 12.2 Å². The highest BCUT2D eigenvalue weighted by Crippen LogP contribution is 2.38. The quantitative estimate of drug-likeness (QED) is 0.656. The maximum Gasteiger partial charge on any atom is 0.433 e. The summed E-state index contributed by atoms with van der Waals surface area (Å²) in [6, 6.07) is 7.05. The van der Waals surface area contributed by atoms with Crippen LogP contribution in [0.1, 0.15) is 50.0 Å². The lowest BCUT2D eigenvalue weighted by Gasteiger charge is -2.29. The molecule has 2 N–H and O–H groups in total. The number of hydrogen-bond acceptors (Lipinski definition) is 5. The summed E-state index contributed by atoms with van der Waals surface area (Å²) in [4.78, 5) is 24.8. The second-order valence-corrected chi connectivity index (χ2v) is 7.64. The lowest BCUT2D eigenvalue weighted by Crippen LogP contribution is -2.30. The van der Waals surface area contributed by atoms with Crippen LogP contribution in [0.5, 0.6) is 0 Å². The topological polar surface area (TPSA) is 92.9 Å². The van der Waals surface area contributed by atoms with E-state index in [1.807, 2.05) is 0 Å². The van der Waals surface area contributed by atoms with E-state index in [-0.39, 0.29) is 29.6 Å². The van der Waals surface area contributed by atoms with Gasteiger partial charge in [0.15, 0.2) is 5.65 Å². The van der Waals surface area contributed by atoms with Gasteiger partial charge in [0.1, 0.15) is 16.8 Å². The van der Waals surface area contributed by atoms with Gasteiger partial charge >= 0.3 is 6.18 Å². The SMILES string of the molecule is CC(O)(CC(=O)Nc1nc2ccc(C(F)(F)F)nc2n1C1CCC1)c1ccccn1. The van der Waals surface area contributed by atoms with E-state index in [0.29, 0.717) is 5.69 Å². The van der Waals surface area contributed by atoms with Crippen molar-refractivity contribution in [3.8, 4) is 0 Å². The molecule has 10 heteroatoms. The number of nitrogens with one attached hydrogen (secondary N) is 1. The predicted molar refractivity (Wildman–Crippen MR) is 102 cm³/mol. The summed E-state index contributed by atoms with van der Waals surface area (Å²) in [6.07, 6.45) is -0.894. The van der Waals surface area contributed by atoms with Crippen LogP contribution in [0.15, 0.2) is 36.5 Å². The van der Waals surface area contributed by atoms with Crippen molar-refractivity contribution >= 4 is 23.0 Å². The lowest BCUT2D eigenvalue weighted by atomic mass is 9.93. The first-order valence-corrected chi connectivity index (χ1v) is 9.55. The Balaban J connectivity index is 1.64. The van der Waals surface area contributed by atoms with E-state index in [4.69, 9.17) is 0 Å². The van der Waals surface area contributed by atoms with Gasteiger partial charge in [0.05, 0.1) is 12.1 Å². The molecule has 0 spiro atoms. The number of anilines is 1. The molecule has 3 heterocycles. The van der Waals surface area contributed by atoms with Gasteiger partial charge in [-0.1, -0.05) is 6.07 Å². The summed E-state index contributed by atoms with van der Waals surface area (Å²) in [7, 11) is 0. The molecular weight excluding hydrogens is 399 g/mol. The zero-order valence-electron chi connectivity index (χ0n) is 16.1. The first kappa shape index (κ1) is 20.3. The number of carbonyl (C=O) groups excluding carboxylic acids is 1. The molecule has 0 saturated heterocycles. The van der Waals surface area contributed by atoms with Crippen LogP contribution in [-0.2, 0) is 16.6 Å². The molecule has 4 rings (SSSR count). The number of rotatable bonds is 5. The minimum atomic E-state index is -4.58. The van der Waals surface area contributed by atoms with E-state index in [2.05, 4.69) is 20.3 Å². The number of amides is 1. The van der Waals surface area contributed by atoms with Gasteiger partial charge in [0.2, 0.25) is 11.9 Å². The molecule has 1 fully saturated rings. The Morgan fingerprint density at radius 3 is 2.57 bits per heavy atom. The molecule has 1 atom stereocenters. The van der Waals surface area contributed by atoms with E-state index in [1.165, 1.54) is 19.2 Å². The molecule has 0 bridgehead atoms. The van der Waals surface area contributed by atoms with E-state index < -0.39 is 23.4 Å². The summed E-state index contributed by atoms with van der Waals surface area (Å²) < 4.78 is 40.9. The van der Waals surface area contributed by atoms with Crippen molar-refractivity contribution in [1.29, 1.82) is 0 Å². The van der Waals surface area contributed by atoms with Gasteiger partial charge in [-0.3, -0.25) is 19.7 Å². The van der Waals surface area contributed by atoms with Crippen molar-refractivity contribution in [3.05, 3.63) is 47.9 Å². The largest absolute Gasteiger partial charge is 0.433 e. The fourth-order valence-corrected chi connectivity index (χ4v) is 3.46. The van der Waals surface area contributed by atoms with E-state index >= 15 is 0 Å². The number of pyridine rings is 2. The second kappa shape index (κ2) is 7.35. The molecular formula is C20H20F3N5O2. The maximum atomic E-state index is 13.1. The molecule has 0 aliphatic heterocycles. The third kappa shape index (κ3) is 3.87. The first-order valence-electron chi connectivity index (χ1n) is 9.55. The minimum absolute atomic E-state index is 0.0845. The van der Waals surface area contributed by atoms with Gasteiger partial charge in [-0.25, -0.2) is 9.97 Å². The minimum Gasteiger partial charge on any atom is -0.383 e. The van der Waals surface area contributed by atoms with Gasteiger partial charge in [-0.2, -0.15) is 13.2 Å². The lowest BCUT2D eigenvalue weighted by molar-refractivity contribution is -0.141. The fourth-order valence-electron chi connectivity index (χ4n) is 3.46. The Kier molecular flexibility index (Phi) is 4.97. The second-order valence-electron chi connectivity index (χ2n) is 7.64. The van der Waals surface area contributed by atoms with Crippen molar-refractivity contribution in [2.75, 3.05) is 5.32 Å². The molecule has 3 aromatic heterocycles. The first-order chi connectivity index (χ1) is 14.1. The molecule has 0 radical (unpaired) electrons. The van der Waals surface area contributed by atoms with Gasteiger partial charge in [-0.15, -0.1) is 0 Å². The average Bonchev–Trinajstić information content (AvgIpc) is 2.97. The number of imidazole rings is 1. The Morgan fingerprint density at radius 1 is 1.20 bits per heavy atom. The van der Waals surface area contributed by atoms with Crippen molar-refractivity contribution < 1.29 is 23.1 Å². The molecule has 1 aliphatic carbocycles. The summed E-state index contributed by atoms with van der Waals surface area (Å²) in [5, 5.41) is 13.3. The van der Waals surface area contributed by atoms with E-state index in [1.54, 1.807) is 22.8 Å². The molecule has 7 nitrogen and oxygen atoms in total. The molecule has 30 heavy (non-hydrogen) atoms. The third-order valence-corrected chi connectivity index (χ3v) is 5.24.